The van der Waals surface area contributed by atoms with E-state index in [1.165, 1.54) is 0 Å². The molecule has 2 heterocycles. The van der Waals surface area contributed by atoms with E-state index in [0.717, 1.165) is 11.4 Å². The summed E-state index contributed by atoms with van der Waals surface area (Å²) in [4.78, 5) is 45.0. The topological polar surface area (TPSA) is 94.6 Å². The fraction of sp³-hybridized carbons (Fsp3) is 0.195. The van der Waals surface area contributed by atoms with Crippen molar-refractivity contribution in [2.45, 2.75) is 30.6 Å². The smallest absolute Gasteiger partial charge is 0.338 e. The summed E-state index contributed by atoms with van der Waals surface area (Å²) in [5, 5.41) is 0. The summed E-state index contributed by atoms with van der Waals surface area (Å²) < 4.78 is 25.1. The zero-order valence-corrected chi connectivity index (χ0v) is 27.2. The van der Waals surface area contributed by atoms with E-state index >= 15 is 0 Å². The summed E-state index contributed by atoms with van der Waals surface area (Å²) >= 11 is 0. The van der Waals surface area contributed by atoms with Gasteiger partial charge in [0.25, 0.3) is 0 Å². The summed E-state index contributed by atoms with van der Waals surface area (Å²) in [6.07, 6.45) is -4.53. The van der Waals surface area contributed by atoms with Crippen LogP contribution in [0.1, 0.15) is 31.1 Å². The zero-order valence-electron chi connectivity index (χ0n) is 27.2. The number of ether oxygens (including phenoxy) is 4. The van der Waals surface area contributed by atoms with Gasteiger partial charge in [-0.1, -0.05) is 91.0 Å². The van der Waals surface area contributed by atoms with Crippen molar-refractivity contribution in [3.63, 3.8) is 0 Å². The van der Waals surface area contributed by atoms with Crippen LogP contribution in [-0.4, -0.2) is 68.2 Å². The number of rotatable bonds is 10. The average Bonchev–Trinajstić information content (AvgIpc) is 3.77. The number of anilines is 2. The molecule has 252 valence electrons. The molecule has 0 amide bonds. The first-order valence-corrected chi connectivity index (χ1v) is 16.6. The molecule has 4 atom stereocenters. The summed E-state index contributed by atoms with van der Waals surface area (Å²) in [5.41, 5.74) is 2.92. The highest BCUT2D eigenvalue weighted by molar-refractivity contribution is 5.91. The second-order valence-corrected chi connectivity index (χ2v) is 12.0. The summed E-state index contributed by atoms with van der Waals surface area (Å²) in [5.74, 6) is -1.77. The Morgan fingerprint density at radius 3 is 1.34 bits per heavy atom. The molecule has 9 heteroatoms. The predicted octanol–water partition coefficient (Wildman–Crippen LogP) is 6.41. The molecule has 2 fully saturated rings. The van der Waals surface area contributed by atoms with Crippen molar-refractivity contribution in [2.75, 3.05) is 29.5 Å². The highest BCUT2D eigenvalue weighted by atomic mass is 16.7. The van der Waals surface area contributed by atoms with Crippen LogP contribution in [0.2, 0.25) is 0 Å². The minimum absolute atomic E-state index is 0.250. The lowest BCUT2D eigenvalue weighted by molar-refractivity contribution is -0.0461. The molecule has 0 radical (unpaired) electrons. The van der Waals surface area contributed by atoms with E-state index in [9.17, 15) is 14.4 Å². The molecule has 0 aromatic heterocycles. The van der Waals surface area contributed by atoms with Gasteiger partial charge in [-0.2, -0.15) is 0 Å². The van der Waals surface area contributed by atoms with Crippen LogP contribution in [0.3, 0.4) is 0 Å². The molecule has 0 saturated carbocycles. The van der Waals surface area contributed by atoms with Gasteiger partial charge in [0.1, 0.15) is 25.0 Å². The summed E-state index contributed by atoms with van der Waals surface area (Å²) in [7, 11) is 0. The number of hydrogen-bond acceptors (Lipinski definition) is 9. The highest BCUT2D eigenvalue weighted by Gasteiger charge is 2.56. The molecule has 0 bridgehead atoms. The molecule has 5 aromatic carbocycles. The van der Waals surface area contributed by atoms with Gasteiger partial charge in [-0.05, 0) is 60.7 Å². The highest BCUT2D eigenvalue weighted by Crippen LogP contribution is 2.38. The van der Waals surface area contributed by atoms with Crippen LogP contribution in [-0.2, 0) is 18.9 Å². The second-order valence-electron chi connectivity index (χ2n) is 12.0. The molecule has 0 unspecified atom stereocenters. The summed E-state index contributed by atoms with van der Waals surface area (Å²) in [6, 6.07) is 45.7. The predicted molar refractivity (Wildman–Crippen MR) is 188 cm³/mol. The Hall–Kier alpha value is -5.93. The van der Waals surface area contributed by atoms with Crippen LogP contribution >= 0.6 is 0 Å². The third-order valence-corrected chi connectivity index (χ3v) is 8.93. The lowest BCUT2D eigenvalue weighted by Crippen LogP contribution is -2.54. The Morgan fingerprint density at radius 1 is 0.520 bits per heavy atom. The molecule has 2 aliphatic rings. The lowest BCUT2D eigenvalue weighted by atomic mass is 10.0. The van der Waals surface area contributed by atoms with Gasteiger partial charge < -0.3 is 28.7 Å². The largest absolute Gasteiger partial charge is 0.459 e. The minimum atomic E-state index is -1.13. The molecule has 2 aliphatic heterocycles. The van der Waals surface area contributed by atoms with E-state index in [0.29, 0.717) is 29.8 Å². The van der Waals surface area contributed by atoms with Crippen LogP contribution in [0, 0.1) is 0 Å². The van der Waals surface area contributed by atoms with Crippen LogP contribution in [0.25, 0.3) is 0 Å². The monoisotopic (exact) mass is 668 g/mol. The number of benzene rings is 5. The number of nitrogens with zero attached hydrogens (tertiary/aromatic N) is 2. The molecule has 0 aliphatic carbocycles. The van der Waals surface area contributed by atoms with E-state index in [1.54, 1.807) is 78.9 Å². The molecule has 2 saturated heterocycles. The van der Waals surface area contributed by atoms with E-state index in [-0.39, 0.29) is 6.61 Å². The number of hydrogen-bond donors (Lipinski definition) is 0. The minimum Gasteiger partial charge on any atom is -0.459 e. The van der Waals surface area contributed by atoms with Gasteiger partial charge in [-0.15, -0.1) is 0 Å². The Balaban J connectivity index is 1.29. The maximum Gasteiger partial charge on any atom is 0.338 e. The Bertz CT molecular complexity index is 1830. The van der Waals surface area contributed by atoms with E-state index in [4.69, 9.17) is 18.9 Å². The van der Waals surface area contributed by atoms with Crippen LogP contribution < -0.4 is 9.80 Å². The first-order valence-electron chi connectivity index (χ1n) is 16.6. The first-order chi connectivity index (χ1) is 24.6. The lowest BCUT2D eigenvalue weighted by Gasteiger charge is -2.38. The maximum absolute atomic E-state index is 13.8. The van der Waals surface area contributed by atoms with Gasteiger partial charge in [0, 0.05) is 24.5 Å². The molecule has 50 heavy (non-hydrogen) atoms. The van der Waals surface area contributed by atoms with Gasteiger partial charge in [0.2, 0.25) is 0 Å². The second kappa shape index (κ2) is 15.1. The third-order valence-electron chi connectivity index (χ3n) is 8.93. The zero-order chi connectivity index (χ0) is 34.3. The van der Waals surface area contributed by atoms with Crippen molar-refractivity contribution >= 4 is 29.3 Å². The first kappa shape index (κ1) is 32.6. The summed E-state index contributed by atoms with van der Waals surface area (Å²) in [6.45, 7) is 1.04. The molecule has 0 spiro atoms. The molecule has 9 nitrogen and oxygen atoms in total. The van der Waals surface area contributed by atoms with Crippen molar-refractivity contribution < 1.29 is 33.3 Å². The van der Waals surface area contributed by atoms with Gasteiger partial charge in [-0.3, -0.25) is 0 Å². The van der Waals surface area contributed by atoms with Crippen LogP contribution in [0.15, 0.2) is 152 Å². The van der Waals surface area contributed by atoms with Crippen LogP contribution in [0.4, 0.5) is 11.4 Å². The van der Waals surface area contributed by atoms with Gasteiger partial charge in [-0.25, -0.2) is 14.4 Å². The van der Waals surface area contributed by atoms with Gasteiger partial charge in [0.05, 0.1) is 16.7 Å². The standard InChI is InChI=1S/C41H36N2O7/c44-39(29-16-6-1-7-17-29)47-28-34-35(49-40(45)30-18-8-2-9-19-30)36(50-41(46)31-20-10-3-11-21-31)37(48-34)38-42(32-22-12-4-13-23-32)26-27-43(38)33-24-14-5-15-25-33/h1-25,34-38H,26-28H2/t34-,35-,36+,37-/m1/s1. The van der Waals surface area contributed by atoms with Crippen molar-refractivity contribution in [1.29, 1.82) is 0 Å². The fourth-order valence-electron chi connectivity index (χ4n) is 6.56. The quantitative estimate of drug-likeness (QED) is 0.124. The molecular weight excluding hydrogens is 632 g/mol. The third kappa shape index (κ3) is 7.09. The van der Waals surface area contributed by atoms with Crippen molar-refractivity contribution in [1.82, 2.24) is 0 Å². The molecular formula is C41H36N2O7. The molecule has 7 rings (SSSR count). The molecule has 0 N–H and O–H groups in total. The Kier molecular flexibility index (Phi) is 9.84. The maximum atomic E-state index is 13.8. The van der Waals surface area contributed by atoms with E-state index in [1.807, 2.05) is 72.8 Å². The van der Waals surface area contributed by atoms with Crippen molar-refractivity contribution in [3.05, 3.63) is 168 Å². The average molecular weight is 669 g/mol. The van der Waals surface area contributed by atoms with Crippen molar-refractivity contribution in [2.24, 2.45) is 0 Å². The Labute approximate surface area is 290 Å². The number of esters is 3. The number of para-hydroxylation sites is 2. The molecule has 5 aromatic rings. The van der Waals surface area contributed by atoms with Gasteiger partial charge in [0.15, 0.2) is 12.2 Å². The van der Waals surface area contributed by atoms with Gasteiger partial charge >= 0.3 is 17.9 Å². The van der Waals surface area contributed by atoms with E-state index in [2.05, 4.69) is 9.80 Å². The number of carbonyl (C=O) groups is 3. The SMILES string of the molecule is O=C(OC[C@H]1O[C@@H](C2N(c3ccccc3)CCN2c2ccccc2)[C@@H](OC(=O)c2ccccc2)[C@@H]1OC(=O)c1ccccc1)c1ccccc1. The van der Waals surface area contributed by atoms with Crippen LogP contribution in [0.5, 0.6) is 0 Å². The van der Waals surface area contributed by atoms with E-state index < -0.39 is 48.5 Å². The van der Waals surface area contributed by atoms with Crippen molar-refractivity contribution in [3.8, 4) is 0 Å². The fourth-order valence-corrected chi connectivity index (χ4v) is 6.56. The number of carbonyl (C=O) groups excluding carboxylic acids is 3. The normalized spacial score (nSPS) is 20.3. The Morgan fingerprint density at radius 2 is 0.900 bits per heavy atom.